The quantitative estimate of drug-likeness (QED) is 0.583. The molecule has 1 aromatic carbocycles. The van der Waals surface area contributed by atoms with Gasteiger partial charge < -0.3 is 15.8 Å². The number of amides is 1. The van der Waals surface area contributed by atoms with Crippen LogP contribution in [0.5, 0.6) is 0 Å². The van der Waals surface area contributed by atoms with E-state index in [1.165, 1.54) is 19.2 Å². The summed E-state index contributed by atoms with van der Waals surface area (Å²) in [5.74, 6) is -1.34. The number of ether oxygens (including phenoxy) is 1. The normalized spacial score (nSPS) is 11.3. The molecule has 112 valence electrons. The minimum absolute atomic E-state index is 0.0983. The van der Waals surface area contributed by atoms with Gasteiger partial charge in [-0.15, -0.1) is 0 Å². The second kappa shape index (κ2) is 7.47. The summed E-state index contributed by atoms with van der Waals surface area (Å²) in [7, 11) is -1.98. The van der Waals surface area contributed by atoms with E-state index in [-0.39, 0.29) is 5.75 Å². The molecule has 3 N–H and O–H groups in total. The molecule has 0 atom stereocenters. The number of nitrogen functional groups attached to an aromatic ring is 1. The summed E-state index contributed by atoms with van der Waals surface area (Å²) in [5, 5.41) is 2.73. The fourth-order valence-corrected chi connectivity index (χ4v) is 2.86. The zero-order valence-electron chi connectivity index (χ0n) is 11.1. The Hall–Kier alpha value is -1.31. The van der Waals surface area contributed by atoms with Crippen LogP contribution in [0.3, 0.4) is 0 Å². The molecule has 0 bridgehead atoms. The molecular weight excluding hydrogens is 304 g/mol. The molecular formula is C12H17ClN2O4S. The van der Waals surface area contributed by atoms with E-state index in [2.05, 4.69) is 5.32 Å². The number of hydrogen-bond acceptors (Lipinski definition) is 5. The molecule has 8 heteroatoms. The van der Waals surface area contributed by atoms with E-state index in [0.717, 1.165) is 0 Å². The highest BCUT2D eigenvalue weighted by atomic mass is 35.5. The Labute approximate surface area is 123 Å². The van der Waals surface area contributed by atoms with Crippen molar-refractivity contribution in [3.05, 3.63) is 23.2 Å². The van der Waals surface area contributed by atoms with Gasteiger partial charge in [0.15, 0.2) is 9.84 Å². The lowest BCUT2D eigenvalue weighted by Crippen LogP contribution is -2.25. The highest BCUT2D eigenvalue weighted by Crippen LogP contribution is 2.23. The molecule has 0 unspecified atom stereocenters. The van der Waals surface area contributed by atoms with Crippen LogP contribution in [-0.4, -0.2) is 39.5 Å². The summed E-state index contributed by atoms with van der Waals surface area (Å²) in [6.07, 6.45) is 0.352. The van der Waals surface area contributed by atoms with E-state index in [0.29, 0.717) is 29.4 Å². The van der Waals surface area contributed by atoms with Crippen molar-refractivity contribution in [2.24, 2.45) is 0 Å². The van der Waals surface area contributed by atoms with Crippen molar-refractivity contribution in [1.82, 2.24) is 0 Å². The van der Waals surface area contributed by atoms with Crippen LogP contribution in [0.15, 0.2) is 18.2 Å². The van der Waals surface area contributed by atoms with Crippen molar-refractivity contribution >= 4 is 38.7 Å². The van der Waals surface area contributed by atoms with E-state index in [1.807, 2.05) is 0 Å². The zero-order chi connectivity index (χ0) is 15.2. The van der Waals surface area contributed by atoms with E-state index in [1.54, 1.807) is 6.07 Å². The Kier molecular flexibility index (Phi) is 6.25. The van der Waals surface area contributed by atoms with E-state index < -0.39 is 21.5 Å². The molecule has 0 aliphatic heterocycles. The van der Waals surface area contributed by atoms with Crippen molar-refractivity contribution < 1.29 is 17.9 Å². The number of anilines is 2. The number of nitrogens with one attached hydrogen (secondary N) is 1. The molecule has 0 saturated heterocycles. The summed E-state index contributed by atoms with van der Waals surface area (Å²) < 4.78 is 28.1. The largest absolute Gasteiger partial charge is 0.399 e. The second-order valence-corrected chi connectivity index (χ2v) is 6.82. The maximum Gasteiger partial charge on any atom is 0.239 e. The number of halogens is 1. The third-order valence-electron chi connectivity index (χ3n) is 2.42. The number of carbonyl (C=O) groups excluding carboxylic acids is 1. The fraction of sp³-hybridized carbons (Fsp3) is 0.417. The third kappa shape index (κ3) is 5.77. The van der Waals surface area contributed by atoms with Gasteiger partial charge in [0.1, 0.15) is 5.75 Å². The lowest BCUT2D eigenvalue weighted by Gasteiger charge is -2.08. The summed E-state index contributed by atoms with van der Waals surface area (Å²) in [6.45, 7) is 0.335. The standard InChI is InChI=1S/C12H17ClN2O4S/c1-19-5-2-6-20(17,18)8-12(16)15-11-7-9(14)3-4-10(11)13/h3-4,7H,2,5-6,8,14H2,1H3,(H,15,16). The topological polar surface area (TPSA) is 98.5 Å². The maximum atomic E-state index is 11.7. The third-order valence-corrected chi connectivity index (χ3v) is 4.36. The SMILES string of the molecule is COCCCS(=O)(=O)CC(=O)Nc1cc(N)ccc1Cl. The minimum atomic E-state index is -3.46. The molecule has 20 heavy (non-hydrogen) atoms. The van der Waals surface area contributed by atoms with Gasteiger partial charge in [-0.05, 0) is 24.6 Å². The summed E-state index contributed by atoms with van der Waals surface area (Å²) in [6, 6.07) is 4.58. The molecule has 1 rings (SSSR count). The first kappa shape index (κ1) is 16.7. The van der Waals surface area contributed by atoms with Crippen molar-refractivity contribution in [2.75, 3.05) is 36.3 Å². The molecule has 0 fully saturated rings. The first-order chi connectivity index (χ1) is 9.34. The fourth-order valence-electron chi connectivity index (χ4n) is 1.52. The molecule has 0 saturated carbocycles. The first-order valence-corrected chi connectivity index (χ1v) is 8.08. The number of nitrogens with two attached hydrogens (primary N) is 1. The van der Waals surface area contributed by atoms with Gasteiger partial charge in [0, 0.05) is 19.4 Å². The maximum absolute atomic E-state index is 11.7. The smallest absolute Gasteiger partial charge is 0.239 e. The van der Waals surface area contributed by atoms with Gasteiger partial charge in [0.25, 0.3) is 0 Å². The van der Waals surface area contributed by atoms with E-state index in [9.17, 15) is 13.2 Å². The van der Waals surface area contributed by atoms with Gasteiger partial charge in [-0.1, -0.05) is 11.6 Å². The number of benzene rings is 1. The number of hydrogen-bond donors (Lipinski definition) is 2. The van der Waals surface area contributed by atoms with Crippen molar-refractivity contribution in [2.45, 2.75) is 6.42 Å². The van der Waals surface area contributed by atoms with Gasteiger partial charge in [0.05, 0.1) is 16.5 Å². The van der Waals surface area contributed by atoms with Gasteiger partial charge in [-0.3, -0.25) is 4.79 Å². The highest BCUT2D eigenvalue weighted by Gasteiger charge is 2.17. The molecule has 1 aromatic rings. The van der Waals surface area contributed by atoms with Gasteiger partial charge in [0.2, 0.25) is 5.91 Å². The summed E-state index contributed by atoms with van der Waals surface area (Å²) >= 11 is 5.88. The van der Waals surface area contributed by atoms with Crippen LogP contribution in [0, 0.1) is 0 Å². The molecule has 1 amide bonds. The molecule has 0 aromatic heterocycles. The number of carbonyl (C=O) groups is 1. The van der Waals surface area contributed by atoms with Crippen molar-refractivity contribution in [3.8, 4) is 0 Å². The molecule has 0 radical (unpaired) electrons. The summed E-state index contributed by atoms with van der Waals surface area (Å²) in [4.78, 5) is 11.7. The minimum Gasteiger partial charge on any atom is -0.399 e. The first-order valence-electron chi connectivity index (χ1n) is 5.88. The molecule has 0 spiro atoms. The van der Waals surface area contributed by atoms with Crippen LogP contribution in [0.2, 0.25) is 5.02 Å². The van der Waals surface area contributed by atoms with Crippen molar-refractivity contribution in [3.63, 3.8) is 0 Å². The predicted molar refractivity (Wildman–Crippen MR) is 79.6 cm³/mol. The average molecular weight is 321 g/mol. The van der Waals surface area contributed by atoms with Gasteiger partial charge >= 0.3 is 0 Å². The number of methoxy groups -OCH3 is 1. The Morgan fingerprint density at radius 2 is 2.15 bits per heavy atom. The molecule has 0 heterocycles. The lowest BCUT2D eigenvalue weighted by atomic mass is 10.3. The Morgan fingerprint density at radius 3 is 2.80 bits per heavy atom. The van der Waals surface area contributed by atoms with Crippen LogP contribution in [0.1, 0.15) is 6.42 Å². The van der Waals surface area contributed by atoms with Crippen LogP contribution in [-0.2, 0) is 19.4 Å². The second-order valence-electron chi connectivity index (χ2n) is 4.23. The lowest BCUT2D eigenvalue weighted by molar-refractivity contribution is -0.113. The number of sulfone groups is 1. The van der Waals surface area contributed by atoms with Gasteiger partial charge in [-0.25, -0.2) is 8.42 Å². The predicted octanol–water partition coefficient (Wildman–Crippen LogP) is 1.31. The molecule has 6 nitrogen and oxygen atoms in total. The van der Waals surface area contributed by atoms with Crippen LogP contribution in [0.25, 0.3) is 0 Å². The number of rotatable bonds is 7. The Bertz CT molecular complexity index is 575. The Morgan fingerprint density at radius 1 is 1.45 bits per heavy atom. The molecule has 0 aliphatic rings. The highest BCUT2D eigenvalue weighted by molar-refractivity contribution is 7.92. The summed E-state index contributed by atoms with van der Waals surface area (Å²) in [5.41, 5.74) is 6.29. The van der Waals surface area contributed by atoms with E-state index >= 15 is 0 Å². The van der Waals surface area contributed by atoms with Crippen LogP contribution >= 0.6 is 11.6 Å². The van der Waals surface area contributed by atoms with Crippen LogP contribution in [0.4, 0.5) is 11.4 Å². The Balaban J connectivity index is 2.61. The average Bonchev–Trinajstić information content (AvgIpc) is 2.33. The van der Waals surface area contributed by atoms with E-state index in [4.69, 9.17) is 22.1 Å². The van der Waals surface area contributed by atoms with Gasteiger partial charge in [-0.2, -0.15) is 0 Å². The zero-order valence-corrected chi connectivity index (χ0v) is 12.6. The van der Waals surface area contributed by atoms with Crippen molar-refractivity contribution in [1.29, 1.82) is 0 Å². The molecule has 0 aliphatic carbocycles. The monoisotopic (exact) mass is 320 g/mol. The van der Waals surface area contributed by atoms with Crippen LogP contribution < -0.4 is 11.1 Å².